The summed E-state index contributed by atoms with van der Waals surface area (Å²) < 4.78 is 22.8. The van der Waals surface area contributed by atoms with E-state index in [1.165, 1.54) is 19.2 Å². The van der Waals surface area contributed by atoms with Gasteiger partial charge < -0.3 is 14.5 Å². The number of methoxy groups -OCH3 is 1. The molecule has 0 saturated carbocycles. The normalized spacial score (nSPS) is 10.4. The van der Waals surface area contributed by atoms with Gasteiger partial charge in [-0.3, -0.25) is 0 Å². The SMILES string of the molecule is COCOCc1cc(F)ccc1B(C)O. The Morgan fingerprint density at radius 1 is 1.47 bits per heavy atom. The molecule has 3 nitrogen and oxygen atoms in total. The third-order valence-corrected chi connectivity index (χ3v) is 2.01. The summed E-state index contributed by atoms with van der Waals surface area (Å²) in [5, 5.41) is 9.44. The van der Waals surface area contributed by atoms with Gasteiger partial charge in [-0.1, -0.05) is 12.9 Å². The molecule has 0 heterocycles. The predicted molar refractivity (Wildman–Crippen MR) is 56.5 cm³/mol. The molecule has 1 N–H and O–H groups in total. The second-order valence-electron chi connectivity index (χ2n) is 3.27. The molecule has 0 atom stereocenters. The van der Waals surface area contributed by atoms with Crippen molar-refractivity contribution in [3.8, 4) is 0 Å². The van der Waals surface area contributed by atoms with Crippen LogP contribution < -0.4 is 5.46 Å². The molecule has 1 aromatic rings. The zero-order valence-corrected chi connectivity index (χ0v) is 8.87. The highest BCUT2D eigenvalue weighted by molar-refractivity contribution is 6.65. The molecule has 0 amide bonds. The molecule has 1 rings (SSSR count). The maximum absolute atomic E-state index is 13.0. The summed E-state index contributed by atoms with van der Waals surface area (Å²) in [7, 11) is 1.52. The van der Waals surface area contributed by atoms with E-state index >= 15 is 0 Å². The second-order valence-corrected chi connectivity index (χ2v) is 3.27. The van der Waals surface area contributed by atoms with Crippen molar-refractivity contribution < 1.29 is 18.9 Å². The maximum Gasteiger partial charge on any atom is 0.320 e. The van der Waals surface area contributed by atoms with Crippen molar-refractivity contribution in [2.24, 2.45) is 0 Å². The van der Waals surface area contributed by atoms with Crippen LogP contribution in [0.5, 0.6) is 0 Å². The number of hydrogen-bond donors (Lipinski definition) is 1. The molecule has 5 heteroatoms. The third kappa shape index (κ3) is 3.62. The van der Waals surface area contributed by atoms with Gasteiger partial charge in [0.1, 0.15) is 12.6 Å². The van der Waals surface area contributed by atoms with Gasteiger partial charge in [0, 0.05) is 7.11 Å². The summed E-state index contributed by atoms with van der Waals surface area (Å²) in [5.41, 5.74) is 1.31. The average molecular weight is 212 g/mol. The van der Waals surface area contributed by atoms with Gasteiger partial charge in [-0.05, 0) is 23.2 Å². The summed E-state index contributed by atoms with van der Waals surface area (Å²) in [5.74, 6) is -0.338. The molecule has 0 aliphatic heterocycles. The lowest BCUT2D eigenvalue weighted by molar-refractivity contribution is -0.0389. The molecule has 1 aromatic carbocycles. The molecular weight excluding hydrogens is 198 g/mol. The minimum absolute atomic E-state index is 0.149. The molecule has 0 saturated heterocycles. The Labute approximate surface area is 88.9 Å². The van der Waals surface area contributed by atoms with E-state index in [1.807, 2.05) is 0 Å². The lowest BCUT2D eigenvalue weighted by Crippen LogP contribution is -2.30. The van der Waals surface area contributed by atoms with E-state index in [2.05, 4.69) is 0 Å². The lowest BCUT2D eigenvalue weighted by Gasteiger charge is -2.10. The van der Waals surface area contributed by atoms with E-state index < -0.39 is 6.92 Å². The Morgan fingerprint density at radius 2 is 2.20 bits per heavy atom. The van der Waals surface area contributed by atoms with Gasteiger partial charge in [-0.25, -0.2) is 4.39 Å². The quantitative estimate of drug-likeness (QED) is 0.445. The van der Waals surface area contributed by atoms with Crippen LogP contribution in [0.25, 0.3) is 0 Å². The van der Waals surface area contributed by atoms with Crippen molar-refractivity contribution in [3.05, 3.63) is 29.6 Å². The second kappa shape index (κ2) is 5.85. The standard InChI is InChI=1S/C10H14BFO3/c1-11(13)10-4-3-9(12)5-8(10)6-15-7-14-2/h3-5,13H,6-7H2,1-2H3. The van der Waals surface area contributed by atoms with Crippen LogP contribution in [0.3, 0.4) is 0 Å². The largest absolute Gasteiger partial charge is 0.446 e. The fraction of sp³-hybridized carbons (Fsp3) is 0.400. The van der Waals surface area contributed by atoms with E-state index in [1.54, 1.807) is 12.9 Å². The molecule has 0 fully saturated rings. The molecule has 0 bridgehead atoms. The summed E-state index contributed by atoms with van der Waals surface area (Å²) >= 11 is 0. The zero-order valence-electron chi connectivity index (χ0n) is 8.87. The molecule has 15 heavy (non-hydrogen) atoms. The first-order valence-corrected chi connectivity index (χ1v) is 4.68. The van der Waals surface area contributed by atoms with E-state index in [9.17, 15) is 9.41 Å². The minimum Gasteiger partial charge on any atom is -0.446 e. The van der Waals surface area contributed by atoms with Gasteiger partial charge in [0.15, 0.2) is 0 Å². The number of ether oxygens (including phenoxy) is 2. The monoisotopic (exact) mass is 212 g/mol. The topological polar surface area (TPSA) is 38.7 Å². The molecule has 0 spiro atoms. The molecule has 0 aliphatic carbocycles. The molecule has 0 unspecified atom stereocenters. The van der Waals surface area contributed by atoms with Gasteiger partial charge in [0.25, 0.3) is 0 Å². The number of hydrogen-bond acceptors (Lipinski definition) is 3. The number of benzene rings is 1. The fourth-order valence-corrected chi connectivity index (χ4v) is 1.34. The minimum atomic E-state index is -0.633. The zero-order chi connectivity index (χ0) is 11.3. The van der Waals surface area contributed by atoms with Crippen molar-refractivity contribution in [2.75, 3.05) is 13.9 Å². The smallest absolute Gasteiger partial charge is 0.320 e. The van der Waals surface area contributed by atoms with Crippen molar-refractivity contribution >= 4 is 12.4 Å². The van der Waals surface area contributed by atoms with Gasteiger partial charge in [0.05, 0.1) is 6.61 Å². The van der Waals surface area contributed by atoms with Crippen molar-refractivity contribution in [3.63, 3.8) is 0 Å². The molecular formula is C10H14BFO3. The first-order valence-electron chi connectivity index (χ1n) is 4.68. The lowest BCUT2D eigenvalue weighted by atomic mass is 9.62. The Morgan fingerprint density at radius 3 is 2.80 bits per heavy atom. The van der Waals surface area contributed by atoms with E-state index in [0.717, 1.165) is 0 Å². The van der Waals surface area contributed by atoms with E-state index in [-0.39, 0.29) is 19.2 Å². The van der Waals surface area contributed by atoms with E-state index in [0.29, 0.717) is 11.0 Å². The number of rotatable bonds is 5. The highest BCUT2D eigenvalue weighted by atomic mass is 19.1. The predicted octanol–water partition coefficient (Wildman–Crippen LogP) is 0.767. The Balaban J connectivity index is 2.77. The van der Waals surface area contributed by atoms with Crippen LogP contribution in [-0.4, -0.2) is 25.8 Å². The average Bonchev–Trinajstić information content (AvgIpc) is 2.18. The summed E-state index contributed by atoms with van der Waals surface area (Å²) in [6.45, 7) is 1.38. The Bertz CT molecular complexity index is 318. The van der Waals surface area contributed by atoms with Gasteiger partial charge in [-0.15, -0.1) is 0 Å². The molecule has 0 radical (unpaired) electrons. The van der Waals surface area contributed by atoms with Crippen LogP contribution in [0.2, 0.25) is 6.82 Å². The van der Waals surface area contributed by atoms with Crippen molar-refractivity contribution in [1.29, 1.82) is 0 Å². The van der Waals surface area contributed by atoms with Crippen LogP contribution in [0.1, 0.15) is 5.56 Å². The van der Waals surface area contributed by atoms with Gasteiger partial charge in [-0.2, -0.15) is 0 Å². The Kier molecular flexibility index (Phi) is 4.75. The summed E-state index contributed by atoms with van der Waals surface area (Å²) in [6, 6.07) is 4.24. The van der Waals surface area contributed by atoms with Crippen LogP contribution in [0.4, 0.5) is 4.39 Å². The van der Waals surface area contributed by atoms with Crippen LogP contribution >= 0.6 is 0 Å². The Hall–Kier alpha value is -0.905. The van der Waals surface area contributed by atoms with Crippen LogP contribution in [0, 0.1) is 5.82 Å². The van der Waals surface area contributed by atoms with Crippen molar-refractivity contribution in [2.45, 2.75) is 13.4 Å². The number of halogens is 1. The van der Waals surface area contributed by atoms with Gasteiger partial charge >= 0.3 is 6.92 Å². The van der Waals surface area contributed by atoms with Crippen LogP contribution in [-0.2, 0) is 16.1 Å². The van der Waals surface area contributed by atoms with Crippen LogP contribution in [0.15, 0.2) is 18.2 Å². The molecule has 82 valence electrons. The third-order valence-electron chi connectivity index (χ3n) is 2.01. The first-order chi connectivity index (χ1) is 7.15. The summed E-state index contributed by atoms with van der Waals surface area (Å²) in [4.78, 5) is 0. The molecule has 0 aliphatic rings. The van der Waals surface area contributed by atoms with Crippen molar-refractivity contribution in [1.82, 2.24) is 0 Å². The highest BCUT2D eigenvalue weighted by Crippen LogP contribution is 2.04. The molecule has 0 aromatic heterocycles. The fourth-order valence-electron chi connectivity index (χ4n) is 1.34. The first kappa shape index (κ1) is 12.2. The summed E-state index contributed by atoms with van der Waals surface area (Å²) in [6.07, 6.45) is 0. The van der Waals surface area contributed by atoms with E-state index in [4.69, 9.17) is 9.47 Å². The highest BCUT2D eigenvalue weighted by Gasteiger charge is 2.12. The maximum atomic E-state index is 13.0. The van der Waals surface area contributed by atoms with Gasteiger partial charge in [0.2, 0.25) is 0 Å².